The first-order valence-electron chi connectivity index (χ1n) is 11.1. The fourth-order valence-electron chi connectivity index (χ4n) is 5.22. The molecular formula is C23H35N3O2. The summed E-state index contributed by atoms with van der Waals surface area (Å²) >= 11 is 0. The van der Waals surface area contributed by atoms with Gasteiger partial charge in [0.25, 0.3) is 0 Å². The van der Waals surface area contributed by atoms with Crippen molar-refractivity contribution in [2.75, 3.05) is 32.8 Å². The number of rotatable bonds is 4. The molecule has 1 aromatic carbocycles. The maximum Gasteiger partial charge on any atom is 0.222 e. The molecule has 3 heterocycles. The van der Waals surface area contributed by atoms with Gasteiger partial charge in [-0.15, -0.1) is 0 Å². The highest BCUT2D eigenvalue weighted by atomic mass is 16.5. The van der Waals surface area contributed by atoms with Gasteiger partial charge in [-0.3, -0.25) is 14.6 Å². The SMILES string of the molecule is Cc1ccccc1C[C@H]1CCCCCN1C1CC(N2CCOCC2)CC(=O)N1. The molecule has 3 aliphatic rings. The number of amides is 1. The van der Waals surface area contributed by atoms with Crippen LogP contribution in [0.2, 0.25) is 0 Å². The van der Waals surface area contributed by atoms with Gasteiger partial charge in [0.15, 0.2) is 0 Å². The molecule has 28 heavy (non-hydrogen) atoms. The molecule has 4 rings (SSSR count). The van der Waals surface area contributed by atoms with Gasteiger partial charge in [0, 0.05) is 38.1 Å². The van der Waals surface area contributed by atoms with E-state index in [1.807, 2.05) is 0 Å². The van der Waals surface area contributed by atoms with Gasteiger partial charge in [-0.05, 0) is 43.7 Å². The molecule has 5 nitrogen and oxygen atoms in total. The Morgan fingerprint density at radius 1 is 1.11 bits per heavy atom. The number of carbonyl (C=O) groups is 1. The van der Waals surface area contributed by atoms with Crippen LogP contribution < -0.4 is 5.32 Å². The number of hydrogen-bond donors (Lipinski definition) is 1. The summed E-state index contributed by atoms with van der Waals surface area (Å²) in [6.45, 7) is 6.81. The first-order chi connectivity index (χ1) is 13.7. The molecule has 3 fully saturated rings. The maximum atomic E-state index is 12.6. The fourth-order valence-corrected chi connectivity index (χ4v) is 5.22. The Balaban J connectivity index is 1.49. The zero-order valence-corrected chi connectivity index (χ0v) is 17.2. The largest absolute Gasteiger partial charge is 0.379 e. The molecule has 1 N–H and O–H groups in total. The Morgan fingerprint density at radius 3 is 2.75 bits per heavy atom. The van der Waals surface area contributed by atoms with Crippen LogP contribution in [0.15, 0.2) is 24.3 Å². The van der Waals surface area contributed by atoms with E-state index in [1.54, 1.807) is 0 Å². The minimum Gasteiger partial charge on any atom is -0.379 e. The molecule has 3 aliphatic heterocycles. The summed E-state index contributed by atoms with van der Waals surface area (Å²) in [5.74, 6) is 0.214. The summed E-state index contributed by atoms with van der Waals surface area (Å²) < 4.78 is 5.52. The van der Waals surface area contributed by atoms with Crippen molar-refractivity contribution in [2.24, 2.45) is 0 Å². The lowest BCUT2D eigenvalue weighted by Crippen LogP contribution is -2.60. The summed E-state index contributed by atoms with van der Waals surface area (Å²) in [6, 6.07) is 9.63. The van der Waals surface area contributed by atoms with Crippen LogP contribution in [0.25, 0.3) is 0 Å². The summed E-state index contributed by atoms with van der Waals surface area (Å²) in [6.07, 6.45) is 7.97. The van der Waals surface area contributed by atoms with Gasteiger partial charge in [-0.2, -0.15) is 0 Å². The van der Waals surface area contributed by atoms with E-state index < -0.39 is 0 Å². The molecule has 3 atom stereocenters. The van der Waals surface area contributed by atoms with Crippen LogP contribution in [0.4, 0.5) is 0 Å². The predicted octanol–water partition coefficient (Wildman–Crippen LogP) is 2.72. The minimum atomic E-state index is 0.168. The van der Waals surface area contributed by atoms with Gasteiger partial charge in [-0.1, -0.05) is 37.1 Å². The van der Waals surface area contributed by atoms with Crippen molar-refractivity contribution in [1.82, 2.24) is 15.1 Å². The standard InChI is InChI=1S/C23H35N3O2/c1-18-7-4-5-8-19(18)15-20-9-3-2-6-10-26(20)22-16-21(17-23(27)24-22)25-11-13-28-14-12-25/h4-5,7-8,20-22H,2-3,6,9-17H2,1H3,(H,24,27)/t20-,21?,22?/m1/s1. The third-order valence-electron chi connectivity index (χ3n) is 6.85. The van der Waals surface area contributed by atoms with E-state index in [4.69, 9.17) is 4.74 Å². The van der Waals surface area contributed by atoms with Crippen molar-refractivity contribution < 1.29 is 9.53 Å². The molecule has 0 aromatic heterocycles. The molecule has 1 amide bonds. The number of likely N-dealkylation sites (tertiary alicyclic amines) is 1. The number of ether oxygens (including phenoxy) is 1. The Labute approximate surface area is 169 Å². The Hall–Kier alpha value is -1.43. The highest BCUT2D eigenvalue weighted by Gasteiger charge is 2.37. The second kappa shape index (κ2) is 9.38. The van der Waals surface area contributed by atoms with Crippen molar-refractivity contribution in [3.63, 3.8) is 0 Å². The molecule has 0 aliphatic carbocycles. The third-order valence-corrected chi connectivity index (χ3v) is 6.85. The highest BCUT2D eigenvalue weighted by Crippen LogP contribution is 2.27. The van der Waals surface area contributed by atoms with Gasteiger partial charge < -0.3 is 10.1 Å². The zero-order valence-electron chi connectivity index (χ0n) is 17.2. The summed E-state index contributed by atoms with van der Waals surface area (Å²) in [5, 5.41) is 3.34. The number of aryl methyl sites for hydroxylation is 1. The van der Waals surface area contributed by atoms with Crippen molar-refractivity contribution in [3.05, 3.63) is 35.4 Å². The van der Waals surface area contributed by atoms with Gasteiger partial charge in [0.05, 0.1) is 19.4 Å². The molecule has 154 valence electrons. The Kier molecular flexibility index (Phi) is 6.65. The highest BCUT2D eigenvalue weighted by molar-refractivity contribution is 5.77. The lowest BCUT2D eigenvalue weighted by atomic mass is 9.95. The maximum absolute atomic E-state index is 12.6. The topological polar surface area (TPSA) is 44.8 Å². The van der Waals surface area contributed by atoms with Gasteiger partial charge in [-0.25, -0.2) is 0 Å². The second-order valence-electron chi connectivity index (χ2n) is 8.70. The quantitative estimate of drug-likeness (QED) is 0.866. The Morgan fingerprint density at radius 2 is 1.93 bits per heavy atom. The zero-order chi connectivity index (χ0) is 19.3. The molecule has 0 spiro atoms. The molecule has 3 saturated heterocycles. The number of nitrogens with one attached hydrogen (secondary N) is 1. The molecule has 1 aromatic rings. The van der Waals surface area contributed by atoms with Crippen LogP contribution in [0.5, 0.6) is 0 Å². The summed E-state index contributed by atoms with van der Waals surface area (Å²) in [5.41, 5.74) is 2.83. The van der Waals surface area contributed by atoms with E-state index in [9.17, 15) is 4.79 Å². The first kappa shape index (κ1) is 19.9. The van der Waals surface area contributed by atoms with E-state index in [-0.39, 0.29) is 12.1 Å². The first-order valence-corrected chi connectivity index (χ1v) is 11.1. The lowest BCUT2D eigenvalue weighted by molar-refractivity contribution is -0.129. The van der Waals surface area contributed by atoms with E-state index in [0.29, 0.717) is 18.5 Å². The third kappa shape index (κ3) is 4.76. The van der Waals surface area contributed by atoms with Gasteiger partial charge >= 0.3 is 0 Å². The molecule has 5 heteroatoms. The molecule has 2 unspecified atom stereocenters. The van der Waals surface area contributed by atoms with E-state index in [0.717, 1.165) is 45.7 Å². The van der Waals surface area contributed by atoms with Crippen molar-refractivity contribution in [2.45, 2.75) is 70.1 Å². The molecule has 0 saturated carbocycles. The smallest absolute Gasteiger partial charge is 0.222 e. The molecular weight excluding hydrogens is 350 g/mol. The monoisotopic (exact) mass is 385 g/mol. The van der Waals surface area contributed by atoms with E-state index in [1.165, 1.54) is 36.8 Å². The number of morpholine rings is 1. The van der Waals surface area contributed by atoms with Crippen LogP contribution in [0.1, 0.15) is 49.7 Å². The summed E-state index contributed by atoms with van der Waals surface area (Å²) in [4.78, 5) is 17.7. The van der Waals surface area contributed by atoms with Gasteiger partial charge in [0.2, 0.25) is 5.91 Å². The normalized spacial score (nSPS) is 30.6. The summed E-state index contributed by atoms with van der Waals surface area (Å²) in [7, 11) is 0. The van der Waals surface area contributed by atoms with E-state index >= 15 is 0 Å². The predicted molar refractivity (Wildman–Crippen MR) is 111 cm³/mol. The minimum absolute atomic E-state index is 0.168. The van der Waals surface area contributed by atoms with Crippen LogP contribution in [-0.4, -0.2) is 66.8 Å². The number of piperidine rings is 1. The van der Waals surface area contributed by atoms with Crippen LogP contribution in [0, 0.1) is 6.92 Å². The number of nitrogens with zero attached hydrogens (tertiary/aromatic N) is 2. The average molecular weight is 386 g/mol. The molecule has 0 radical (unpaired) electrons. The lowest BCUT2D eigenvalue weighted by Gasteiger charge is -2.45. The van der Waals surface area contributed by atoms with Crippen LogP contribution in [0.3, 0.4) is 0 Å². The van der Waals surface area contributed by atoms with Crippen molar-refractivity contribution in [1.29, 1.82) is 0 Å². The fraction of sp³-hybridized carbons (Fsp3) is 0.696. The number of hydrogen-bond acceptors (Lipinski definition) is 4. The number of benzene rings is 1. The van der Waals surface area contributed by atoms with Crippen molar-refractivity contribution >= 4 is 5.91 Å². The van der Waals surface area contributed by atoms with Crippen LogP contribution in [-0.2, 0) is 16.0 Å². The average Bonchev–Trinajstić information content (AvgIpc) is 2.95. The Bertz CT molecular complexity index is 659. The van der Waals surface area contributed by atoms with E-state index in [2.05, 4.69) is 46.3 Å². The second-order valence-corrected chi connectivity index (χ2v) is 8.70. The van der Waals surface area contributed by atoms with Gasteiger partial charge in [0.1, 0.15) is 0 Å². The molecule has 0 bridgehead atoms. The number of carbonyl (C=O) groups excluding carboxylic acids is 1. The van der Waals surface area contributed by atoms with Crippen molar-refractivity contribution in [3.8, 4) is 0 Å². The van der Waals surface area contributed by atoms with Crippen LogP contribution >= 0.6 is 0 Å².